The van der Waals surface area contributed by atoms with Gasteiger partial charge in [-0.15, -0.1) is 0 Å². The zero-order chi connectivity index (χ0) is 63.8. The summed E-state index contributed by atoms with van der Waals surface area (Å²) in [6.45, 7) is 2.70. The first-order chi connectivity index (χ1) is 43.1. The largest absolute Gasteiger partial charge is 0.394 e. The van der Waals surface area contributed by atoms with Gasteiger partial charge in [0, 0.05) is 6.42 Å². The van der Waals surface area contributed by atoms with Gasteiger partial charge in [-0.25, -0.2) is 0 Å². The second kappa shape index (κ2) is 57.8. The first-order valence-electron chi connectivity index (χ1n) is 35.5. The van der Waals surface area contributed by atoms with Gasteiger partial charge in [-0.05, 0) is 77.0 Å². The SMILES string of the molecule is CC/C=C\C/C=C\C/C=C\C/C=C\C/C=C\C/C=C\C/C=C\CCCCCCCCCC(=O)NC(COC1OC(CO)C(OC2OC(CO)C(O)C(O)C2O)C(O)C1O)C(O)/C=C/CCCCCCCCCCCCCCCCCCCCCCCCC. The van der Waals surface area contributed by atoms with E-state index in [-0.39, 0.29) is 18.9 Å². The van der Waals surface area contributed by atoms with Gasteiger partial charge < -0.3 is 65.1 Å². The monoisotopic (exact) mass is 1240 g/mol. The van der Waals surface area contributed by atoms with Crippen LogP contribution < -0.4 is 5.32 Å². The molecule has 0 spiro atoms. The third-order valence-corrected chi connectivity index (χ3v) is 16.8. The van der Waals surface area contributed by atoms with Crippen molar-refractivity contribution in [2.45, 2.75) is 344 Å². The van der Waals surface area contributed by atoms with Crippen molar-refractivity contribution in [3.05, 3.63) is 97.2 Å². The van der Waals surface area contributed by atoms with Gasteiger partial charge in [-0.1, -0.05) is 284 Å². The molecule has 12 atom stereocenters. The molecule has 0 saturated carbocycles. The molecule has 0 aromatic rings. The summed E-state index contributed by atoms with van der Waals surface area (Å²) >= 11 is 0. The Hall–Kier alpha value is -3.09. The standard InChI is InChI=1S/C74H129NO13/c1-3-5-7-9-11-13-15-17-19-21-23-25-27-29-30-31-32-34-36-38-40-42-44-46-48-50-52-54-56-58-66(79)75-62(61-85-73-71(84)69(82)72(65(60-77)87-73)88-74-70(83)68(81)67(80)64(59-76)86-74)63(78)57-55-53-51-49-47-45-43-41-39-37-35-33-28-26-24-22-20-18-16-14-12-10-8-6-4-2/h5,7,11,13,17,19,23,25,29-30,32,34,38,40,55,57,62-65,67-74,76-78,80-84H,3-4,6,8-10,12,14-16,18,20-22,24,26-28,31,33,35-37,39,41-54,56,58-61H2,1-2H3,(H,75,79)/b7-5-,13-11-,19-17-,25-23-,30-29-,34-32-,40-38-,57-55+. The molecule has 0 radical (unpaired) electrons. The van der Waals surface area contributed by atoms with Gasteiger partial charge in [-0.2, -0.15) is 0 Å². The fourth-order valence-corrected chi connectivity index (χ4v) is 11.2. The minimum atomic E-state index is -1.79. The smallest absolute Gasteiger partial charge is 0.220 e. The number of allylic oxidation sites excluding steroid dienone is 15. The van der Waals surface area contributed by atoms with Gasteiger partial charge in [0.1, 0.15) is 48.8 Å². The lowest BCUT2D eigenvalue weighted by atomic mass is 9.97. The zero-order valence-electron chi connectivity index (χ0n) is 55.2. The van der Waals surface area contributed by atoms with E-state index in [0.717, 1.165) is 103 Å². The summed E-state index contributed by atoms with van der Waals surface area (Å²) in [4.78, 5) is 13.3. The first-order valence-corrected chi connectivity index (χ1v) is 35.5. The zero-order valence-corrected chi connectivity index (χ0v) is 55.2. The molecule has 12 unspecified atom stereocenters. The summed E-state index contributed by atoms with van der Waals surface area (Å²) in [5.74, 6) is -0.252. The maximum absolute atomic E-state index is 13.3. The summed E-state index contributed by atoms with van der Waals surface area (Å²) in [6, 6.07) is -0.929. The van der Waals surface area contributed by atoms with Crippen LogP contribution >= 0.6 is 0 Å². The number of hydrogen-bond acceptors (Lipinski definition) is 13. The van der Waals surface area contributed by atoms with Crippen LogP contribution in [0.1, 0.15) is 271 Å². The number of amides is 1. The van der Waals surface area contributed by atoms with Crippen molar-refractivity contribution in [2.75, 3.05) is 19.8 Å². The molecule has 2 heterocycles. The molecular formula is C74H129NO13. The highest BCUT2D eigenvalue weighted by Gasteiger charge is 2.51. The molecule has 2 aliphatic rings. The first kappa shape index (κ1) is 81.0. The number of ether oxygens (including phenoxy) is 4. The number of rotatable bonds is 57. The molecule has 88 heavy (non-hydrogen) atoms. The summed E-state index contributed by atoms with van der Waals surface area (Å²) in [5.41, 5.74) is 0. The second-order valence-corrected chi connectivity index (χ2v) is 24.6. The van der Waals surface area contributed by atoms with E-state index in [1.165, 1.54) is 141 Å². The van der Waals surface area contributed by atoms with Crippen LogP contribution in [0.25, 0.3) is 0 Å². The van der Waals surface area contributed by atoms with Crippen LogP contribution in [0.3, 0.4) is 0 Å². The van der Waals surface area contributed by atoms with E-state index in [9.17, 15) is 45.6 Å². The van der Waals surface area contributed by atoms with Crippen molar-refractivity contribution in [1.29, 1.82) is 0 Å². The van der Waals surface area contributed by atoms with E-state index in [1.807, 2.05) is 6.08 Å². The fourth-order valence-electron chi connectivity index (χ4n) is 11.2. The number of nitrogens with one attached hydrogen (secondary N) is 1. The molecule has 2 fully saturated rings. The van der Waals surface area contributed by atoms with Crippen LogP contribution in [-0.2, 0) is 23.7 Å². The third-order valence-electron chi connectivity index (χ3n) is 16.8. The molecule has 1 amide bonds. The highest BCUT2D eigenvalue weighted by molar-refractivity contribution is 5.76. The number of aliphatic hydroxyl groups excluding tert-OH is 8. The van der Waals surface area contributed by atoms with Crippen molar-refractivity contribution >= 4 is 5.91 Å². The lowest BCUT2D eigenvalue weighted by Crippen LogP contribution is -2.65. The summed E-state index contributed by atoms with van der Waals surface area (Å²) < 4.78 is 22.9. The topological polar surface area (TPSA) is 228 Å². The molecule has 0 aromatic heterocycles. The van der Waals surface area contributed by atoms with Crippen LogP contribution in [0.15, 0.2) is 97.2 Å². The lowest BCUT2D eigenvalue weighted by Gasteiger charge is -2.46. The average molecular weight is 1240 g/mol. The van der Waals surface area contributed by atoms with Gasteiger partial charge in [0.05, 0.1) is 32.0 Å². The Bertz CT molecular complexity index is 1850. The predicted molar refractivity (Wildman–Crippen MR) is 359 cm³/mol. The number of aliphatic hydroxyl groups is 8. The molecule has 2 aliphatic heterocycles. The van der Waals surface area contributed by atoms with Crippen LogP contribution in [-0.4, -0.2) is 140 Å². The van der Waals surface area contributed by atoms with Crippen molar-refractivity contribution in [1.82, 2.24) is 5.32 Å². The Labute approximate surface area is 534 Å². The van der Waals surface area contributed by atoms with E-state index in [2.05, 4.69) is 104 Å². The second-order valence-electron chi connectivity index (χ2n) is 24.6. The quantitative estimate of drug-likeness (QED) is 0.0204. The fraction of sp³-hybridized carbons (Fsp3) is 0.770. The molecule has 0 aromatic carbocycles. The van der Waals surface area contributed by atoms with Crippen LogP contribution in [0.2, 0.25) is 0 Å². The molecule has 0 bridgehead atoms. The third kappa shape index (κ3) is 41.4. The number of unbranched alkanes of at least 4 members (excludes halogenated alkanes) is 30. The van der Waals surface area contributed by atoms with Crippen LogP contribution in [0.4, 0.5) is 0 Å². The Morgan fingerprint density at radius 1 is 0.420 bits per heavy atom. The molecular weight excluding hydrogens is 1110 g/mol. The highest BCUT2D eigenvalue weighted by atomic mass is 16.7. The molecule has 508 valence electrons. The lowest BCUT2D eigenvalue weighted by molar-refractivity contribution is -0.359. The number of carbonyl (C=O) groups excluding carboxylic acids is 1. The maximum Gasteiger partial charge on any atom is 0.220 e. The number of carbonyl (C=O) groups is 1. The van der Waals surface area contributed by atoms with Crippen molar-refractivity contribution in [2.24, 2.45) is 0 Å². The Morgan fingerprint density at radius 3 is 1.20 bits per heavy atom. The summed E-state index contributed by atoms with van der Waals surface area (Å²) in [5, 5.41) is 87.5. The van der Waals surface area contributed by atoms with Gasteiger partial charge in [0.25, 0.3) is 0 Å². The van der Waals surface area contributed by atoms with E-state index in [4.69, 9.17) is 18.9 Å². The minimum Gasteiger partial charge on any atom is -0.394 e. The van der Waals surface area contributed by atoms with E-state index in [0.29, 0.717) is 6.42 Å². The molecule has 9 N–H and O–H groups in total. The Balaban J connectivity index is 1.70. The number of hydrogen-bond donors (Lipinski definition) is 9. The van der Waals surface area contributed by atoms with Gasteiger partial charge in [0.2, 0.25) is 5.91 Å². The van der Waals surface area contributed by atoms with Gasteiger partial charge in [0.15, 0.2) is 12.6 Å². The normalized spacial score (nSPS) is 23.8. The van der Waals surface area contributed by atoms with Crippen LogP contribution in [0.5, 0.6) is 0 Å². The molecule has 2 saturated heterocycles. The molecule has 2 rings (SSSR count). The Morgan fingerprint density at radius 2 is 0.784 bits per heavy atom. The van der Waals surface area contributed by atoms with E-state index >= 15 is 0 Å². The van der Waals surface area contributed by atoms with Gasteiger partial charge >= 0.3 is 0 Å². The Kier molecular flexibility index (Phi) is 53.2. The summed E-state index contributed by atoms with van der Waals surface area (Å²) in [7, 11) is 0. The minimum absolute atomic E-state index is 0.252. The van der Waals surface area contributed by atoms with E-state index < -0.39 is 86.8 Å². The summed E-state index contributed by atoms with van der Waals surface area (Å²) in [6.07, 6.45) is 64.5. The maximum atomic E-state index is 13.3. The van der Waals surface area contributed by atoms with E-state index in [1.54, 1.807) is 6.08 Å². The van der Waals surface area contributed by atoms with Crippen molar-refractivity contribution in [3.8, 4) is 0 Å². The highest BCUT2D eigenvalue weighted by Crippen LogP contribution is 2.30. The average Bonchev–Trinajstić information content (AvgIpc) is 2.07. The van der Waals surface area contributed by atoms with Crippen molar-refractivity contribution < 1.29 is 64.6 Å². The molecule has 14 nitrogen and oxygen atoms in total. The van der Waals surface area contributed by atoms with Crippen LogP contribution in [0, 0.1) is 0 Å². The van der Waals surface area contributed by atoms with Crippen molar-refractivity contribution in [3.63, 3.8) is 0 Å². The predicted octanol–water partition coefficient (Wildman–Crippen LogP) is 14.6. The molecule has 0 aliphatic carbocycles. The van der Waals surface area contributed by atoms with Gasteiger partial charge in [-0.3, -0.25) is 4.79 Å². The molecule has 14 heteroatoms.